The van der Waals surface area contributed by atoms with Crippen LogP contribution in [0.2, 0.25) is 0 Å². The normalized spacial score (nSPS) is 0.947. The van der Waals surface area contributed by atoms with Crippen molar-refractivity contribution in [2.45, 2.75) is 0 Å². The summed E-state index contributed by atoms with van der Waals surface area (Å²) >= 11 is 2.75. The van der Waals surface area contributed by atoms with E-state index < -0.39 is 16.5 Å². The molecule has 0 radical (unpaired) electrons. The summed E-state index contributed by atoms with van der Waals surface area (Å²) in [5, 5.41) is 0. The second kappa shape index (κ2) is 1650. The zero-order valence-corrected chi connectivity index (χ0v) is 40.5. The van der Waals surface area contributed by atoms with Crippen molar-refractivity contribution in [3.63, 3.8) is 0 Å². The summed E-state index contributed by atoms with van der Waals surface area (Å²) < 4.78 is 0. The van der Waals surface area contributed by atoms with Crippen molar-refractivity contribution >= 4 is 37.7 Å². The van der Waals surface area contributed by atoms with Crippen LogP contribution in [0.1, 0.15) is 0 Å². The fourth-order valence-corrected chi connectivity index (χ4v) is 0. The molecule has 0 aliphatic heterocycles. The van der Waals surface area contributed by atoms with E-state index in [1.54, 1.807) is 37.5 Å². The van der Waals surface area contributed by atoms with E-state index in [4.69, 9.17) is 18.8 Å². The molecule has 48 N–H and O–H groups in total. The third-order valence-electron chi connectivity index (χ3n) is 0. The fraction of sp³-hybridized carbons (Fsp3) is 0. The van der Waals surface area contributed by atoms with Crippen molar-refractivity contribution < 1.29 is 203 Å². The van der Waals surface area contributed by atoms with Crippen LogP contribution in [0.15, 0.2) is 0 Å². The van der Waals surface area contributed by atoms with Gasteiger partial charge in [0.25, 0.3) is 0 Å². The van der Waals surface area contributed by atoms with Gasteiger partial charge in [0.1, 0.15) is 0 Å². The number of hydrogen-bond donors (Lipinski definition) is 0. The van der Waals surface area contributed by atoms with E-state index in [1.165, 1.54) is 0 Å². The van der Waals surface area contributed by atoms with Gasteiger partial charge < -0.3 is 157 Å². The minimum atomic E-state index is -0.472. The Labute approximate surface area is 349 Å². The van der Waals surface area contributed by atoms with Crippen LogP contribution in [0.4, 0.5) is 0 Å². The summed E-state index contributed by atoms with van der Waals surface area (Å²) in [5.74, 6) is 0. The molecule has 38 heavy (non-hydrogen) atoms. The first-order chi connectivity index (χ1) is 3.41. The molecule has 0 aromatic carbocycles. The Bertz CT molecular complexity index is 77.4. The zero-order chi connectivity index (χ0) is 6.71. The molecule has 0 bridgehead atoms. The van der Waals surface area contributed by atoms with Gasteiger partial charge in [-0.3, -0.25) is 0 Å². The van der Waals surface area contributed by atoms with E-state index in [0.29, 0.717) is 0 Å². The average molecular weight is 2130 g/mol. The van der Waals surface area contributed by atoms with Crippen LogP contribution in [-0.2, 0) is 159 Å². The SMILES string of the molecule is O.O.O.O.O.O.O.O.[CH3-].[CH3-].[Cl][Pt+2][Cl].[Cl][Pt].[Cl][Pt].[NH2-].[NH2-].[NH2-].[NH2-].[NH2-].[NH2-].[NH2-].[NH2-].[NH2-].[NH2-].[NH2-].[NH2-].[NH2-].[NH2-].[NH2-].[NH2-].[Pt+2].[Pt+2].[Pt+2].[Pt].[Pt]. The van der Waals surface area contributed by atoms with Crippen LogP contribution in [0, 0.1) is 14.9 Å². The van der Waals surface area contributed by atoms with Gasteiger partial charge in [0.15, 0.2) is 0 Å². The van der Waals surface area contributed by atoms with Crippen molar-refractivity contribution in [3.8, 4) is 0 Å². The monoisotopic (exact) mass is 2130 g/mol. The van der Waals surface area contributed by atoms with Gasteiger partial charge in [-0.1, -0.05) is 0 Å². The molecular formula is C2H54Cl4N16O8Pt8-10. The molecule has 0 heterocycles. The Hall–Kier alpha value is 5.71. The Morgan fingerprint density at radius 2 is 0.289 bits per heavy atom. The number of nitrogens with two attached hydrogens (primary N) is 16. The first-order valence-corrected chi connectivity index (χ1v) is 11.7. The quantitative estimate of drug-likeness (QED) is 0.206. The van der Waals surface area contributed by atoms with E-state index in [9.17, 15) is 0 Å². The molecule has 0 atom stereocenters. The van der Waals surface area contributed by atoms with Crippen LogP contribution in [0.25, 0.3) is 98.4 Å². The predicted molar refractivity (Wildman–Crippen MR) is 150 cm³/mol. The van der Waals surface area contributed by atoms with Gasteiger partial charge in [-0.15, -0.1) is 0 Å². The van der Waals surface area contributed by atoms with E-state index in [2.05, 4.69) is 18.8 Å². The Kier molecular flexibility index (Phi) is 36800. The van der Waals surface area contributed by atoms with Crippen molar-refractivity contribution in [2.24, 2.45) is 0 Å². The molecule has 36 heteroatoms. The zero-order valence-electron chi connectivity index (χ0n) is 19.3. The molecule has 0 aromatic rings. The van der Waals surface area contributed by atoms with Crippen LogP contribution >= 0.6 is 37.7 Å². The molecule has 0 aliphatic carbocycles. The van der Waals surface area contributed by atoms with Crippen molar-refractivity contribution in [2.75, 3.05) is 0 Å². The van der Waals surface area contributed by atoms with Crippen LogP contribution in [0.3, 0.4) is 0 Å². The van der Waals surface area contributed by atoms with Crippen molar-refractivity contribution in [3.05, 3.63) is 113 Å². The summed E-state index contributed by atoms with van der Waals surface area (Å²) in [6.45, 7) is 0. The average Bonchev–Trinajstić information content (AvgIpc) is 1.78. The summed E-state index contributed by atoms with van der Waals surface area (Å²) in [5.41, 5.74) is 0. The molecule has 0 unspecified atom stereocenters. The fourth-order valence-electron chi connectivity index (χ4n) is 0. The smallest absolute Gasteiger partial charge is 0.693 e. The molecule has 0 amide bonds. The summed E-state index contributed by atoms with van der Waals surface area (Å²) in [6, 6.07) is 0. The van der Waals surface area contributed by atoms with Gasteiger partial charge in [0.2, 0.25) is 0 Å². The molecule has 0 spiro atoms. The molecule has 24 nitrogen and oxygen atoms in total. The predicted octanol–water partition coefficient (Wildman–Crippen LogP) is 8.51. The molecule has 0 saturated heterocycles. The van der Waals surface area contributed by atoms with Gasteiger partial charge in [0, 0.05) is 42.1 Å². The van der Waals surface area contributed by atoms with E-state index in [0.717, 1.165) is 0 Å². The van der Waals surface area contributed by atoms with Gasteiger partial charge in [-0.05, 0) is 0 Å². The Morgan fingerprint density at radius 3 is 0.289 bits per heavy atom. The first kappa shape index (κ1) is 846. The number of rotatable bonds is 0. The topological polar surface area (TPSA) is 788 Å². The molecular weight excluding hydrogens is 2080 g/mol. The van der Waals surface area contributed by atoms with Crippen molar-refractivity contribution in [1.82, 2.24) is 0 Å². The number of hydrogen-bond acceptors (Lipinski definition) is 0. The Morgan fingerprint density at radius 1 is 0.289 bits per heavy atom. The molecule has 0 rings (SSSR count). The first-order valence-electron chi connectivity index (χ1n) is 0.478. The van der Waals surface area contributed by atoms with E-state index in [1.807, 2.05) is 0 Å². The van der Waals surface area contributed by atoms with E-state index in [-0.39, 0.29) is 262 Å². The van der Waals surface area contributed by atoms with Crippen LogP contribution in [-0.4, -0.2) is 43.8 Å². The maximum atomic E-state index is 4.88. The third kappa shape index (κ3) is 2120. The largest absolute Gasteiger partial charge is 2.00 e. The molecule has 0 saturated carbocycles. The summed E-state index contributed by atoms with van der Waals surface area (Å²) in [4.78, 5) is 0. The molecule has 0 aromatic heterocycles. The van der Waals surface area contributed by atoms with Crippen LogP contribution < -0.4 is 0 Å². The molecule has 0 fully saturated rings. The second-order valence-corrected chi connectivity index (χ2v) is 3.33. The van der Waals surface area contributed by atoms with Crippen molar-refractivity contribution in [1.29, 1.82) is 0 Å². The number of halogens is 4. The molecule has 0 aliphatic rings. The van der Waals surface area contributed by atoms with Crippen LogP contribution in [0.5, 0.6) is 0 Å². The van der Waals surface area contributed by atoms with Gasteiger partial charge in [-0.2, -0.15) is 0 Å². The second-order valence-electron chi connectivity index (χ2n) is 0.0452. The van der Waals surface area contributed by atoms with Gasteiger partial charge >= 0.3 is 155 Å². The maximum Gasteiger partial charge on any atom is 2.00 e. The summed E-state index contributed by atoms with van der Waals surface area (Å²) in [7, 11) is 19.0. The van der Waals surface area contributed by atoms with Gasteiger partial charge in [-0.25, -0.2) is 0 Å². The molecule has 308 valence electrons. The third-order valence-corrected chi connectivity index (χ3v) is 0. The minimum Gasteiger partial charge on any atom is -0.693 e. The standard InChI is InChI=1S/2CH3.4ClH.16H2N.8H2O.8Pt/h2*1H3;4*1H;24*1H2;;;;;;;;/q2*-1;;;;;16*-1;;;;;;;;;;;2*+1;3*+2;+4/p-4. The van der Waals surface area contributed by atoms with E-state index >= 15 is 0 Å². The van der Waals surface area contributed by atoms with Gasteiger partial charge in [0.05, 0.1) is 0 Å². The summed E-state index contributed by atoms with van der Waals surface area (Å²) in [6.07, 6.45) is 0. The maximum absolute atomic E-state index is 4.88. The minimum absolute atomic E-state index is 0. The Balaban J connectivity index is -0.000000000141.